The summed E-state index contributed by atoms with van der Waals surface area (Å²) < 4.78 is 10.8. The van der Waals surface area contributed by atoms with Crippen LogP contribution in [0.25, 0.3) is 0 Å². The molecule has 0 aromatic heterocycles. The van der Waals surface area contributed by atoms with Gasteiger partial charge in [0, 0.05) is 13.6 Å². The predicted molar refractivity (Wildman–Crippen MR) is 90.7 cm³/mol. The SMILES string of the molecule is COc1ccc(CN(C)C(=O)C(C)Oc2ccc(C#N)cc2)cc1. The molecular weight excluding hydrogens is 304 g/mol. The lowest BCUT2D eigenvalue weighted by molar-refractivity contribution is -0.137. The second kappa shape index (κ2) is 8.02. The van der Waals surface area contributed by atoms with E-state index < -0.39 is 6.10 Å². The first kappa shape index (κ1) is 17.4. The maximum Gasteiger partial charge on any atom is 0.263 e. The third-order valence-corrected chi connectivity index (χ3v) is 3.60. The van der Waals surface area contributed by atoms with Gasteiger partial charge in [0.2, 0.25) is 0 Å². The minimum absolute atomic E-state index is 0.116. The van der Waals surface area contributed by atoms with E-state index in [-0.39, 0.29) is 5.91 Å². The van der Waals surface area contributed by atoms with Crippen LogP contribution in [0.2, 0.25) is 0 Å². The number of carbonyl (C=O) groups is 1. The Hall–Kier alpha value is -3.00. The van der Waals surface area contributed by atoms with Gasteiger partial charge in [-0.25, -0.2) is 0 Å². The largest absolute Gasteiger partial charge is 0.497 e. The molecule has 0 aliphatic heterocycles. The third kappa shape index (κ3) is 4.50. The van der Waals surface area contributed by atoms with Crippen LogP contribution in [0.3, 0.4) is 0 Å². The molecule has 0 spiro atoms. The van der Waals surface area contributed by atoms with E-state index in [1.54, 1.807) is 50.2 Å². The molecule has 124 valence electrons. The van der Waals surface area contributed by atoms with E-state index in [2.05, 4.69) is 0 Å². The highest BCUT2D eigenvalue weighted by atomic mass is 16.5. The van der Waals surface area contributed by atoms with Crippen LogP contribution < -0.4 is 9.47 Å². The van der Waals surface area contributed by atoms with Gasteiger partial charge in [-0.15, -0.1) is 0 Å². The number of rotatable bonds is 6. The molecule has 0 saturated heterocycles. The van der Waals surface area contributed by atoms with Crippen LogP contribution in [-0.2, 0) is 11.3 Å². The zero-order valence-electron chi connectivity index (χ0n) is 14.0. The number of methoxy groups -OCH3 is 1. The molecule has 1 atom stereocenters. The standard InChI is InChI=1S/C19H20N2O3/c1-14(24-18-10-4-15(12-20)5-11-18)19(22)21(2)13-16-6-8-17(23-3)9-7-16/h4-11,14H,13H2,1-3H3. The van der Waals surface area contributed by atoms with Crippen molar-refractivity contribution in [3.63, 3.8) is 0 Å². The summed E-state index contributed by atoms with van der Waals surface area (Å²) in [4.78, 5) is 14.0. The normalized spacial score (nSPS) is 11.2. The van der Waals surface area contributed by atoms with Gasteiger partial charge in [-0.1, -0.05) is 12.1 Å². The summed E-state index contributed by atoms with van der Waals surface area (Å²) in [7, 11) is 3.36. The monoisotopic (exact) mass is 324 g/mol. The highest BCUT2D eigenvalue weighted by molar-refractivity contribution is 5.80. The first-order valence-corrected chi connectivity index (χ1v) is 7.58. The van der Waals surface area contributed by atoms with Crippen molar-refractivity contribution in [2.24, 2.45) is 0 Å². The lowest BCUT2D eigenvalue weighted by atomic mass is 10.2. The van der Waals surface area contributed by atoms with Crippen LogP contribution >= 0.6 is 0 Å². The molecule has 0 fully saturated rings. The molecule has 0 bridgehead atoms. The Morgan fingerprint density at radius 1 is 1.12 bits per heavy atom. The minimum atomic E-state index is -0.610. The molecule has 2 aromatic carbocycles. The van der Waals surface area contributed by atoms with E-state index >= 15 is 0 Å². The zero-order valence-corrected chi connectivity index (χ0v) is 14.0. The first-order valence-electron chi connectivity index (χ1n) is 7.58. The Labute approximate surface area is 142 Å². The van der Waals surface area contributed by atoms with Gasteiger partial charge < -0.3 is 14.4 Å². The molecule has 0 heterocycles. The van der Waals surface area contributed by atoms with Crippen molar-refractivity contribution in [2.75, 3.05) is 14.2 Å². The number of nitriles is 1. The molecule has 0 saturated carbocycles. The van der Waals surface area contributed by atoms with Crippen molar-refractivity contribution in [1.29, 1.82) is 5.26 Å². The summed E-state index contributed by atoms with van der Waals surface area (Å²) in [5.74, 6) is 1.23. The second-order valence-corrected chi connectivity index (χ2v) is 5.44. The van der Waals surface area contributed by atoms with Crippen molar-refractivity contribution in [1.82, 2.24) is 4.90 Å². The van der Waals surface area contributed by atoms with Crippen LogP contribution in [0.15, 0.2) is 48.5 Å². The van der Waals surface area contributed by atoms with Gasteiger partial charge in [-0.3, -0.25) is 4.79 Å². The van der Waals surface area contributed by atoms with E-state index in [4.69, 9.17) is 14.7 Å². The molecule has 0 N–H and O–H groups in total. The topological polar surface area (TPSA) is 62.6 Å². The van der Waals surface area contributed by atoms with Crippen molar-refractivity contribution in [3.8, 4) is 17.6 Å². The van der Waals surface area contributed by atoms with Gasteiger partial charge in [0.1, 0.15) is 11.5 Å². The van der Waals surface area contributed by atoms with Crippen LogP contribution in [-0.4, -0.2) is 31.1 Å². The van der Waals surface area contributed by atoms with Gasteiger partial charge in [0.15, 0.2) is 6.10 Å². The number of amides is 1. The number of ether oxygens (including phenoxy) is 2. The minimum Gasteiger partial charge on any atom is -0.497 e. The van der Waals surface area contributed by atoms with Crippen molar-refractivity contribution < 1.29 is 14.3 Å². The van der Waals surface area contributed by atoms with E-state index in [0.717, 1.165) is 11.3 Å². The second-order valence-electron chi connectivity index (χ2n) is 5.44. The lowest BCUT2D eigenvalue weighted by Gasteiger charge is -2.22. The molecular formula is C19H20N2O3. The quantitative estimate of drug-likeness (QED) is 0.819. The van der Waals surface area contributed by atoms with E-state index in [1.807, 2.05) is 30.3 Å². The summed E-state index contributed by atoms with van der Waals surface area (Å²) in [5, 5.41) is 8.79. The molecule has 0 aliphatic rings. The summed E-state index contributed by atoms with van der Waals surface area (Å²) in [6.07, 6.45) is -0.610. The number of carbonyl (C=O) groups excluding carboxylic acids is 1. The number of nitrogens with zero attached hydrogens (tertiary/aromatic N) is 2. The Morgan fingerprint density at radius 3 is 2.25 bits per heavy atom. The Morgan fingerprint density at radius 2 is 1.71 bits per heavy atom. The molecule has 1 amide bonds. The summed E-state index contributed by atoms with van der Waals surface area (Å²) in [6.45, 7) is 2.20. The summed E-state index contributed by atoms with van der Waals surface area (Å²) >= 11 is 0. The zero-order chi connectivity index (χ0) is 17.5. The van der Waals surface area contributed by atoms with Gasteiger partial charge in [0.05, 0.1) is 18.7 Å². The van der Waals surface area contributed by atoms with E-state index in [1.165, 1.54) is 0 Å². The fourth-order valence-electron chi connectivity index (χ4n) is 2.26. The molecule has 0 radical (unpaired) electrons. The third-order valence-electron chi connectivity index (χ3n) is 3.60. The molecule has 5 heteroatoms. The smallest absolute Gasteiger partial charge is 0.263 e. The lowest BCUT2D eigenvalue weighted by Crippen LogP contribution is -2.37. The first-order chi connectivity index (χ1) is 11.5. The Kier molecular flexibility index (Phi) is 5.80. The molecule has 1 unspecified atom stereocenters. The Balaban J connectivity index is 1.94. The maximum absolute atomic E-state index is 12.4. The van der Waals surface area contributed by atoms with Crippen molar-refractivity contribution in [2.45, 2.75) is 19.6 Å². The average Bonchev–Trinajstić information content (AvgIpc) is 2.62. The highest BCUT2D eigenvalue weighted by Gasteiger charge is 2.19. The molecule has 5 nitrogen and oxygen atoms in total. The number of benzene rings is 2. The van der Waals surface area contributed by atoms with Crippen LogP contribution in [0.1, 0.15) is 18.1 Å². The van der Waals surface area contributed by atoms with Gasteiger partial charge >= 0.3 is 0 Å². The fourth-order valence-corrected chi connectivity index (χ4v) is 2.26. The van der Waals surface area contributed by atoms with E-state index in [0.29, 0.717) is 17.9 Å². The molecule has 2 aromatic rings. The average molecular weight is 324 g/mol. The Bertz CT molecular complexity index is 718. The van der Waals surface area contributed by atoms with Crippen molar-refractivity contribution in [3.05, 3.63) is 59.7 Å². The van der Waals surface area contributed by atoms with Crippen LogP contribution in [0.4, 0.5) is 0 Å². The summed E-state index contributed by atoms with van der Waals surface area (Å²) in [6, 6.07) is 16.3. The molecule has 24 heavy (non-hydrogen) atoms. The van der Waals surface area contributed by atoms with Crippen LogP contribution in [0, 0.1) is 11.3 Å². The number of likely N-dealkylation sites (N-methyl/N-ethyl adjacent to an activating group) is 1. The number of hydrogen-bond donors (Lipinski definition) is 0. The predicted octanol–water partition coefficient (Wildman–Crippen LogP) is 2.99. The maximum atomic E-state index is 12.4. The molecule has 0 aliphatic carbocycles. The van der Waals surface area contributed by atoms with Gasteiger partial charge in [-0.05, 0) is 48.9 Å². The molecule has 2 rings (SSSR count). The highest BCUT2D eigenvalue weighted by Crippen LogP contribution is 2.16. The van der Waals surface area contributed by atoms with Crippen molar-refractivity contribution >= 4 is 5.91 Å². The summed E-state index contributed by atoms with van der Waals surface area (Å²) in [5.41, 5.74) is 1.56. The van der Waals surface area contributed by atoms with Gasteiger partial charge in [-0.2, -0.15) is 5.26 Å². The van der Waals surface area contributed by atoms with Gasteiger partial charge in [0.25, 0.3) is 5.91 Å². The van der Waals surface area contributed by atoms with Crippen LogP contribution in [0.5, 0.6) is 11.5 Å². The number of hydrogen-bond acceptors (Lipinski definition) is 4. The van der Waals surface area contributed by atoms with E-state index in [9.17, 15) is 4.79 Å². The fraction of sp³-hybridized carbons (Fsp3) is 0.263.